The van der Waals surface area contributed by atoms with E-state index in [2.05, 4.69) is 10.6 Å². The molecule has 10 heteroatoms. The molecule has 1 aliphatic heterocycles. The molecule has 1 aromatic rings. The number of rotatable bonds is 11. The lowest BCUT2D eigenvalue weighted by atomic mass is 10.0. The minimum Gasteiger partial charge on any atom is -0.467 e. The SMILES string of the molecule is COC(=O)[C@@H](NC(=O)[C@H](CC1CC1)NC(=O)C[C@@H]1CCC(=O)N1Cc1cccc(F)c1F)C(C)C. The van der Waals surface area contributed by atoms with Crippen molar-refractivity contribution >= 4 is 23.7 Å². The Bertz CT molecular complexity index is 966. The number of amides is 3. The number of nitrogens with one attached hydrogen (secondary N) is 2. The summed E-state index contributed by atoms with van der Waals surface area (Å²) in [4.78, 5) is 51.7. The van der Waals surface area contributed by atoms with Gasteiger partial charge in [-0.25, -0.2) is 13.6 Å². The fourth-order valence-electron chi connectivity index (χ4n) is 4.34. The zero-order chi connectivity index (χ0) is 25.7. The van der Waals surface area contributed by atoms with Crippen molar-refractivity contribution in [3.63, 3.8) is 0 Å². The van der Waals surface area contributed by atoms with E-state index in [0.717, 1.165) is 18.9 Å². The molecule has 2 N–H and O–H groups in total. The highest BCUT2D eigenvalue weighted by atomic mass is 19.2. The Morgan fingerprint density at radius 1 is 1.14 bits per heavy atom. The zero-order valence-corrected chi connectivity index (χ0v) is 20.3. The predicted molar refractivity (Wildman–Crippen MR) is 123 cm³/mol. The Balaban J connectivity index is 1.65. The van der Waals surface area contributed by atoms with E-state index in [1.54, 1.807) is 13.8 Å². The smallest absolute Gasteiger partial charge is 0.328 e. The molecule has 8 nitrogen and oxygen atoms in total. The molecule has 35 heavy (non-hydrogen) atoms. The number of nitrogens with zero attached hydrogens (tertiary/aromatic N) is 1. The van der Waals surface area contributed by atoms with Crippen LogP contribution in [0.3, 0.4) is 0 Å². The Morgan fingerprint density at radius 3 is 2.49 bits per heavy atom. The Morgan fingerprint density at radius 2 is 1.86 bits per heavy atom. The molecule has 0 bridgehead atoms. The van der Waals surface area contributed by atoms with Crippen molar-refractivity contribution in [3.8, 4) is 0 Å². The number of hydrogen-bond donors (Lipinski definition) is 2. The van der Waals surface area contributed by atoms with Crippen molar-refractivity contribution in [3.05, 3.63) is 35.4 Å². The highest BCUT2D eigenvalue weighted by Gasteiger charge is 2.36. The number of esters is 1. The summed E-state index contributed by atoms with van der Waals surface area (Å²) in [5, 5.41) is 5.45. The van der Waals surface area contributed by atoms with Crippen molar-refractivity contribution < 1.29 is 32.7 Å². The van der Waals surface area contributed by atoms with Crippen LogP contribution in [0, 0.1) is 23.5 Å². The molecule has 0 spiro atoms. The molecule has 0 aromatic heterocycles. The van der Waals surface area contributed by atoms with Crippen LogP contribution in [0.2, 0.25) is 0 Å². The molecule has 0 unspecified atom stereocenters. The van der Waals surface area contributed by atoms with Crippen LogP contribution >= 0.6 is 0 Å². The van der Waals surface area contributed by atoms with Crippen LogP contribution in [0.4, 0.5) is 8.78 Å². The normalized spacial score (nSPS) is 19.4. The third-order valence-electron chi connectivity index (χ3n) is 6.58. The van der Waals surface area contributed by atoms with Crippen molar-refractivity contribution in [2.45, 2.75) is 77.0 Å². The molecule has 1 saturated heterocycles. The molecule has 3 amide bonds. The third-order valence-corrected chi connectivity index (χ3v) is 6.58. The maximum Gasteiger partial charge on any atom is 0.328 e. The van der Waals surface area contributed by atoms with Gasteiger partial charge in [0.25, 0.3) is 0 Å². The highest BCUT2D eigenvalue weighted by molar-refractivity contribution is 5.91. The van der Waals surface area contributed by atoms with Crippen LogP contribution in [0.15, 0.2) is 18.2 Å². The van der Waals surface area contributed by atoms with Crippen LogP contribution in [0.25, 0.3) is 0 Å². The lowest BCUT2D eigenvalue weighted by Gasteiger charge is -2.27. The average Bonchev–Trinajstić information content (AvgIpc) is 3.57. The minimum atomic E-state index is -1.01. The van der Waals surface area contributed by atoms with E-state index in [0.29, 0.717) is 18.8 Å². The molecule has 1 aliphatic carbocycles. The van der Waals surface area contributed by atoms with Gasteiger partial charge >= 0.3 is 5.97 Å². The van der Waals surface area contributed by atoms with Gasteiger partial charge in [-0.05, 0) is 30.7 Å². The summed E-state index contributed by atoms with van der Waals surface area (Å²) in [5.74, 6) is -3.57. The quantitative estimate of drug-likeness (QED) is 0.461. The van der Waals surface area contributed by atoms with Gasteiger partial charge in [0.1, 0.15) is 12.1 Å². The van der Waals surface area contributed by atoms with E-state index in [9.17, 15) is 28.0 Å². The van der Waals surface area contributed by atoms with Crippen LogP contribution < -0.4 is 10.6 Å². The summed E-state index contributed by atoms with van der Waals surface area (Å²) in [6.07, 6.45) is 2.92. The van der Waals surface area contributed by atoms with Crippen molar-refractivity contribution in [2.24, 2.45) is 11.8 Å². The summed E-state index contributed by atoms with van der Waals surface area (Å²) in [6.45, 7) is 3.43. The van der Waals surface area contributed by atoms with Gasteiger partial charge in [-0.3, -0.25) is 14.4 Å². The van der Waals surface area contributed by atoms with Crippen molar-refractivity contribution in [2.75, 3.05) is 7.11 Å². The van der Waals surface area contributed by atoms with Crippen LogP contribution in [-0.4, -0.2) is 53.8 Å². The first-order valence-electron chi connectivity index (χ1n) is 12.0. The first kappa shape index (κ1) is 26.6. The molecular weight excluding hydrogens is 460 g/mol. The number of likely N-dealkylation sites (tertiary alicyclic amines) is 1. The topological polar surface area (TPSA) is 105 Å². The monoisotopic (exact) mass is 493 g/mol. The molecule has 1 saturated carbocycles. The fourth-order valence-corrected chi connectivity index (χ4v) is 4.34. The zero-order valence-electron chi connectivity index (χ0n) is 20.3. The maximum atomic E-state index is 14.1. The van der Waals surface area contributed by atoms with E-state index in [4.69, 9.17) is 4.74 Å². The first-order chi connectivity index (χ1) is 16.6. The second-order valence-electron chi connectivity index (χ2n) is 9.68. The predicted octanol–water partition coefficient (Wildman–Crippen LogP) is 2.44. The summed E-state index contributed by atoms with van der Waals surface area (Å²) in [7, 11) is 1.25. The second-order valence-corrected chi connectivity index (χ2v) is 9.68. The summed E-state index contributed by atoms with van der Waals surface area (Å²) in [5.41, 5.74) is 0.0409. The van der Waals surface area contributed by atoms with E-state index in [1.165, 1.54) is 24.1 Å². The second kappa shape index (κ2) is 11.6. The van der Waals surface area contributed by atoms with Gasteiger partial charge in [0.2, 0.25) is 17.7 Å². The number of carbonyl (C=O) groups is 4. The lowest BCUT2D eigenvalue weighted by molar-refractivity contribution is -0.146. The standard InChI is InChI=1S/C25H33F2N3O5/c1-14(2)23(25(34)35-3)29-24(33)19(11-15-7-8-15)28-20(31)12-17-9-10-21(32)30(17)13-16-5-4-6-18(26)22(16)27/h4-6,14-15,17,19,23H,7-13H2,1-3H3,(H,28,31)(H,29,33)/t17-,19-,23-/m0/s1. The third kappa shape index (κ3) is 6.99. The Kier molecular flexibility index (Phi) is 8.80. The van der Waals surface area contributed by atoms with Crippen LogP contribution in [-0.2, 0) is 30.5 Å². The van der Waals surface area contributed by atoms with Gasteiger partial charge in [0, 0.05) is 31.0 Å². The van der Waals surface area contributed by atoms with Crippen LogP contribution in [0.5, 0.6) is 0 Å². The number of carbonyl (C=O) groups excluding carboxylic acids is 4. The van der Waals surface area contributed by atoms with E-state index in [-0.39, 0.29) is 36.8 Å². The summed E-state index contributed by atoms with van der Waals surface area (Å²) < 4.78 is 32.5. The van der Waals surface area contributed by atoms with Crippen molar-refractivity contribution in [1.82, 2.24) is 15.5 Å². The molecule has 0 radical (unpaired) electrons. The molecule has 1 aromatic carbocycles. The van der Waals surface area contributed by atoms with Gasteiger partial charge in [0.05, 0.1) is 7.11 Å². The molecule has 2 aliphatic rings. The minimum absolute atomic E-state index is 0.0409. The molecule has 2 fully saturated rings. The van der Waals surface area contributed by atoms with Crippen LogP contribution in [0.1, 0.15) is 57.9 Å². The molecule has 192 valence electrons. The number of hydrogen-bond acceptors (Lipinski definition) is 5. The Labute approximate surface area is 203 Å². The lowest BCUT2D eigenvalue weighted by Crippen LogP contribution is -2.54. The van der Waals surface area contributed by atoms with Gasteiger partial charge in [-0.15, -0.1) is 0 Å². The fraction of sp³-hybridized carbons (Fsp3) is 0.600. The molecule has 3 rings (SSSR count). The molecular formula is C25H33F2N3O5. The van der Waals surface area contributed by atoms with Gasteiger partial charge < -0.3 is 20.3 Å². The summed E-state index contributed by atoms with van der Waals surface area (Å²) in [6, 6.07) is 1.63. The Hall–Kier alpha value is -3.04. The van der Waals surface area contributed by atoms with Gasteiger partial charge in [-0.1, -0.05) is 38.8 Å². The van der Waals surface area contributed by atoms with E-state index < -0.39 is 47.5 Å². The van der Waals surface area contributed by atoms with Crippen molar-refractivity contribution in [1.29, 1.82) is 0 Å². The maximum absolute atomic E-state index is 14.1. The molecule has 3 atom stereocenters. The van der Waals surface area contributed by atoms with Gasteiger partial charge in [-0.2, -0.15) is 0 Å². The molecule has 1 heterocycles. The first-order valence-corrected chi connectivity index (χ1v) is 12.0. The number of ether oxygens (including phenoxy) is 1. The van der Waals surface area contributed by atoms with Gasteiger partial charge in [0.15, 0.2) is 11.6 Å². The average molecular weight is 494 g/mol. The van der Waals surface area contributed by atoms with E-state index in [1.807, 2.05) is 0 Å². The highest BCUT2D eigenvalue weighted by Crippen LogP contribution is 2.34. The number of methoxy groups -OCH3 is 1. The van der Waals surface area contributed by atoms with E-state index >= 15 is 0 Å². The number of benzene rings is 1. The largest absolute Gasteiger partial charge is 0.467 e. The number of halogens is 2. The summed E-state index contributed by atoms with van der Waals surface area (Å²) >= 11 is 0.